The molecule has 1 heterocycles. The van der Waals surface area contributed by atoms with Crippen molar-refractivity contribution in [3.8, 4) is 5.75 Å². The topological polar surface area (TPSA) is 40.2 Å². The van der Waals surface area contributed by atoms with E-state index in [1.807, 2.05) is 18.2 Å². The van der Waals surface area contributed by atoms with Gasteiger partial charge in [0.15, 0.2) is 0 Å². The number of rotatable bonds is 4. The lowest BCUT2D eigenvalue weighted by molar-refractivity contribution is 0.292. The van der Waals surface area contributed by atoms with Crippen LogP contribution in [0.1, 0.15) is 25.6 Å². The Balaban J connectivity index is 1.94. The smallest absolute Gasteiger partial charge is 0.128 e. The lowest BCUT2D eigenvalue weighted by Gasteiger charge is -2.16. The summed E-state index contributed by atoms with van der Waals surface area (Å²) in [6.45, 7) is 4.65. The molecule has 22 heavy (non-hydrogen) atoms. The van der Waals surface area contributed by atoms with Crippen molar-refractivity contribution in [3.63, 3.8) is 0 Å². The van der Waals surface area contributed by atoms with Crippen molar-refractivity contribution < 1.29 is 9.13 Å². The quantitative estimate of drug-likeness (QED) is 0.719. The molecule has 0 saturated heterocycles. The first-order chi connectivity index (χ1) is 10.6. The van der Waals surface area contributed by atoms with Crippen LogP contribution in [0.5, 0.6) is 5.75 Å². The molecule has 2 N–H and O–H groups in total. The molecule has 2 aromatic carbocycles. The van der Waals surface area contributed by atoms with Gasteiger partial charge in [-0.05, 0) is 50.2 Å². The number of para-hydroxylation sites is 1. The molecule has 0 fully saturated rings. The number of aromatic nitrogens is 1. The summed E-state index contributed by atoms with van der Waals surface area (Å²) in [5.41, 5.74) is 8.98. The molecule has 0 unspecified atom stereocenters. The van der Waals surface area contributed by atoms with Crippen LogP contribution in [0.2, 0.25) is 0 Å². The highest BCUT2D eigenvalue weighted by Crippen LogP contribution is 2.29. The molecule has 4 heteroatoms. The van der Waals surface area contributed by atoms with Gasteiger partial charge in [0.2, 0.25) is 0 Å². The van der Waals surface area contributed by atoms with Crippen LogP contribution >= 0.6 is 0 Å². The van der Waals surface area contributed by atoms with Gasteiger partial charge in [-0.2, -0.15) is 0 Å². The maximum atomic E-state index is 12.9. The van der Waals surface area contributed by atoms with Crippen molar-refractivity contribution in [3.05, 3.63) is 60.0 Å². The van der Waals surface area contributed by atoms with Crippen LogP contribution < -0.4 is 10.5 Å². The Labute approximate surface area is 129 Å². The van der Waals surface area contributed by atoms with E-state index >= 15 is 0 Å². The zero-order chi connectivity index (χ0) is 15.7. The highest BCUT2D eigenvalue weighted by molar-refractivity contribution is 5.91. The number of hydrogen-bond donors (Lipinski definition) is 1. The highest BCUT2D eigenvalue weighted by Gasteiger charge is 2.14. The standard InChI is InChI=1S/C18H19FN2O/c1-12(2)21-15(10-13-4-3-5-17(20)18(13)21)11-22-16-8-6-14(19)7-9-16/h3-10,12H,11,20H2,1-2H3. The first-order valence-electron chi connectivity index (χ1n) is 7.33. The largest absolute Gasteiger partial charge is 0.487 e. The molecule has 3 nitrogen and oxygen atoms in total. The molecule has 3 aromatic rings. The molecule has 0 saturated carbocycles. The van der Waals surface area contributed by atoms with Gasteiger partial charge in [-0.15, -0.1) is 0 Å². The van der Waals surface area contributed by atoms with Gasteiger partial charge in [-0.1, -0.05) is 12.1 Å². The number of ether oxygens (including phenoxy) is 1. The van der Waals surface area contributed by atoms with Crippen LogP contribution in [0.15, 0.2) is 48.5 Å². The van der Waals surface area contributed by atoms with Crippen LogP contribution in [0.25, 0.3) is 10.9 Å². The maximum Gasteiger partial charge on any atom is 0.128 e. The van der Waals surface area contributed by atoms with E-state index in [0.717, 1.165) is 22.3 Å². The zero-order valence-electron chi connectivity index (χ0n) is 12.7. The number of fused-ring (bicyclic) bond motifs is 1. The number of hydrogen-bond acceptors (Lipinski definition) is 2. The van der Waals surface area contributed by atoms with E-state index in [2.05, 4.69) is 24.5 Å². The Bertz CT molecular complexity index is 791. The Morgan fingerprint density at radius 1 is 1.14 bits per heavy atom. The van der Waals surface area contributed by atoms with E-state index < -0.39 is 0 Å². The number of nitrogen functional groups attached to an aromatic ring is 1. The van der Waals surface area contributed by atoms with Crippen molar-refractivity contribution in [1.82, 2.24) is 4.57 Å². The first-order valence-corrected chi connectivity index (χ1v) is 7.33. The second-order valence-electron chi connectivity index (χ2n) is 5.63. The molecular weight excluding hydrogens is 279 g/mol. The summed E-state index contributed by atoms with van der Waals surface area (Å²) in [5, 5.41) is 1.10. The molecule has 0 radical (unpaired) electrons. The zero-order valence-corrected chi connectivity index (χ0v) is 12.7. The van der Waals surface area contributed by atoms with Crippen LogP contribution in [-0.4, -0.2) is 4.57 Å². The van der Waals surface area contributed by atoms with E-state index in [0.29, 0.717) is 12.4 Å². The summed E-state index contributed by atoms with van der Waals surface area (Å²) < 4.78 is 20.9. The van der Waals surface area contributed by atoms with Gasteiger partial charge in [0.25, 0.3) is 0 Å². The summed E-state index contributed by atoms with van der Waals surface area (Å²) in [5.74, 6) is 0.381. The van der Waals surface area contributed by atoms with Gasteiger partial charge in [0, 0.05) is 11.4 Å². The van der Waals surface area contributed by atoms with Gasteiger partial charge in [-0.3, -0.25) is 0 Å². The monoisotopic (exact) mass is 298 g/mol. The number of nitrogens with zero attached hydrogens (tertiary/aromatic N) is 1. The van der Waals surface area contributed by atoms with E-state index in [-0.39, 0.29) is 11.9 Å². The normalized spacial score (nSPS) is 11.3. The third-order valence-corrected chi connectivity index (χ3v) is 3.69. The minimum absolute atomic E-state index is 0.267. The molecule has 0 aliphatic heterocycles. The minimum Gasteiger partial charge on any atom is -0.487 e. The predicted molar refractivity (Wildman–Crippen MR) is 87.5 cm³/mol. The summed E-state index contributed by atoms with van der Waals surface area (Å²) >= 11 is 0. The van der Waals surface area contributed by atoms with Crippen LogP contribution in [0, 0.1) is 5.82 Å². The van der Waals surface area contributed by atoms with Crippen molar-refractivity contribution in [2.75, 3.05) is 5.73 Å². The summed E-state index contributed by atoms with van der Waals surface area (Å²) in [6.07, 6.45) is 0. The fraction of sp³-hybridized carbons (Fsp3) is 0.222. The fourth-order valence-electron chi connectivity index (χ4n) is 2.76. The molecule has 0 amide bonds. The number of nitrogens with two attached hydrogens (primary N) is 1. The van der Waals surface area contributed by atoms with E-state index in [1.54, 1.807) is 12.1 Å². The number of anilines is 1. The van der Waals surface area contributed by atoms with Gasteiger partial charge in [0.1, 0.15) is 18.2 Å². The summed E-state index contributed by atoms with van der Waals surface area (Å²) in [7, 11) is 0. The highest BCUT2D eigenvalue weighted by atomic mass is 19.1. The molecule has 1 aromatic heterocycles. The average Bonchev–Trinajstić information content (AvgIpc) is 2.87. The summed E-state index contributed by atoms with van der Waals surface area (Å²) in [6, 6.07) is 14.3. The molecule has 0 atom stereocenters. The van der Waals surface area contributed by atoms with Crippen molar-refractivity contribution >= 4 is 16.6 Å². The molecular formula is C18H19FN2O. The van der Waals surface area contributed by atoms with Gasteiger partial charge >= 0.3 is 0 Å². The first kappa shape index (κ1) is 14.4. The SMILES string of the molecule is CC(C)n1c(COc2ccc(F)cc2)cc2cccc(N)c21. The van der Waals surface area contributed by atoms with Gasteiger partial charge in [0.05, 0.1) is 16.9 Å². The van der Waals surface area contributed by atoms with Crippen molar-refractivity contribution in [2.45, 2.75) is 26.5 Å². The second-order valence-corrected chi connectivity index (χ2v) is 5.63. The second kappa shape index (κ2) is 5.72. The molecule has 0 spiro atoms. The molecule has 0 aliphatic rings. The lowest BCUT2D eigenvalue weighted by Crippen LogP contribution is -2.09. The van der Waals surface area contributed by atoms with E-state index in [9.17, 15) is 4.39 Å². The van der Waals surface area contributed by atoms with E-state index in [4.69, 9.17) is 10.5 Å². The van der Waals surface area contributed by atoms with Crippen molar-refractivity contribution in [2.24, 2.45) is 0 Å². The Kier molecular flexibility index (Phi) is 3.75. The van der Waals surface area contributed by atoms with Crippen LogP contribution in [-0.2, 0) is 6.61 Å². The Hall–Kier alpha value is -2.49. The average molecular weight is 298 g/mol. The third kappa shape index (κ3) is 2.64. The maximum absolute atomic E-state index is 12.9. The minimum atomic E-state index is -0.267. The van der Waals surface area contributed by atoms with Gasteiger partial charge in [-0.25, -0.2) is 4.39 Å². The third-order valence-electron chi connectivity index (χ3n) is 3.69. The molecule has 3 rings (SSSR count). The lowest BCUT2D eigenvalue weighted by atomic mass is 10.2. The van der Waals surface area contributed by atoms with Crippen LogP contribution in [0.4, 0.5) is 10.1 Å². The predicted octanol–water partition coefficient (Wildman–Crippen LogP) is 4.52. The Morgan fingerprint density at radius 2 is 1.86 bits per heavy atom. The van der Waals surface area contributed by atoms with E-state index in [1.165, 1.54) is 12.1 Å². The van der Waals surface area contributed by atoms with Gasteiger partial charge < -0.3 is 15.0 Å². The summed E-state index contributed by atoms with van der Waals surface area (Å²) in [4.78, 5) is 0. The molecule has 114 valence electrons. The number of benzene rings is 2. The van der Waals surface area contributed by atoms with Crippen LogP contribution in [0.3, 0.4) is 0 Å². The Morgan fingerprint density at radius 3 is 2.55 bits per heavy atom. The molecule has 0 aliphatic carbocycles. The molecule has 0 bridgehead atoms. The number of halogens is 1. The fourth-order valence-corrected chi connectivity index (χ4v) is 2.76. The van der Waals surface area contributed by atoms with Crippen molar-refractivity contribution in [1.29, 1.82) is 0 Å².